The zero-order valence-corrected chi connectivity index (χ0v) is 6.53. The summed E-state index contributed by atoms with van der Waals surface area (Å²) in [6.45, 7) is 1.97. The van der Waals surface area contributed by atoms with Gasteiger partial charge >= 0.3 is 0 Å². The first-order valence-corrected chi connectivity index (χ1v) is 4.28. The molecule has 0 aliphatic carbocycles. The van der Waals surface area contributed by atoms with Gasteiger partial charge in [0.1, 0.15) is 0 Å². The second kappa shape index (κ2) is 4.28. The Morgan fingerprint density at radius 3 is 2.60 bits per heavy atom. The van der Waals surface area contributed by atoms with Crippen LogP contribution in [0.2, 0.25) is 0 Å². The Hall–Kier alpha value is -0.570. The van der Waals surface area contributed by atoms with Gasteiger partial charge in [-0.05, 0) is 6.92 Å². The molecule has 5 heteroatoms. The van der Waals surface area contributed by atoms with Crippen molar-refractivity contribution in [3.63, 3.8) is 0 Å². The van der Waals surface area contributed by atoms with Crippen LogP contribution in [0, 0.1) is 11.8 Å². The summed E-state index contributed by atoms with van der Waals surface area (Å²) in [6.07, 6.45) is 0.493. The van der Waals surface area contributed by atoms with Gasteiger partial charge in [0.15, 0.2) is 0 Å². The largest absolute Gasteiger partial charge is 0.274 e. The van der Waals surface area contributed by atoms with E-state index >= 15 is 0 Å². The second-order valence-electron chi connectivity index (χ2n) is 1.62. The highest BCUT2D eigenvalue weighted by atomic mass is 32.2. The Bertz CT molecular complexity index is 234. The highest BCUT2D eigenvalue weighted by Crippen LogP contribution is 1.73. The van der Waals surface area contributed by atoms with Crippen molar-refractivity contribution in [2.24, 2.45) is 5.14 Å². The lowest BCUT2D eigenvalue weighted by Crippen LogP contribution is -2.31. The molecule has 10 heavy (non-hydrogen) atoms. The van der Waals surface area contributed by atoms with Gasteiger partial charge in [0.05, 0.1) is 0 Å². The van der Waals surface area contributed by atoms with E-state index in [9.17, 15) is 8.42 Å². The van der Waals surface area contributed by atoms with Crippen LogP contribution in [0.4, 0.5) is 0 Å². The van der Waals surface area contributed by atoms with Gasteiger partial charge in [-0.2, -0.15) is 8.42 Å². The third kappa shape index (κ3) is 7.43. The van der Waals surface area contributed by atoms with Crippen LogP contribution < -0.4 is 9.86 Å². The minimum Gasteiger partial charge on any atom is -0.216 e. The quantitative estimate of drug-likeness (QED) is 0.421. The zero-order chi connectivity index (χ0) is 8.04. The Morgan fingerprint density at radius 2 is 2.20 bits per heavy atom. The van der Waals surface area contributed by atoms with E-state index in [0.29, 0.717) is 6.42 Å². The van der Waals surface area contributed by atoms with Gasteiger partial charge in [-0.25, -0.2) is 9.86 Å². The number of nitrogens with one attached hydrogen (secondary N) is 1. The minimum absolute atomic E-state index is 0.277. The second-order valence-corrected chi connectivity index (χ2v) is 2.99. The van der Waals surface area contributed by atoms with E-state index in [1.54, 1.807) is 6.92 Å². The molecule has 0 rings (SSSR count). The molecule has 0 heterocycles. The summed E-state index contributed by atoms with van der Waals surface area (Å²) in [4.78, 5) is 0. The van der Waals surface area contributed by atoms with Gasteiger partial charge < -0.3 is 0 Å². The fourth-order valence-corrected chi connectivity index (χ4v) is 0.767. The molecule has 0 saturated carbocycles. The first-order valence-electron chi connectivity index (χ1n) is 2.73. The molecule has 3 N–H and O–H groups in total. The predicted octanol–water partition coefficient (Wildman–Crippen LogP) is -0.807. The van der Waals surface area contributed by atoms with Crippen LogP contribution in [0.1, 0.15) is 13.3 Å². The number of rotatable bonds is 3. The molecule has 0 fully saturated rings. The first kappa shape index (κ1) is 9.43. The molecule has 0 atom stereocenters. The molecular formula is C5H10N2O2S. The van der Waals surface area contributed by atoms with Gasteiger partial charge in [0.25, 0.3) is 10.2 Å². The molecule has 0 unspecified atom stereocenters. The summed E-state index contributed by atoms with van der Waals surface area (Å²) in [5.41, 5.74) is 0. The molecule has 0 bridgehead atoms. The van der Waals surface area contributed by atoms with Crippen LogP contribution in [-0.2, 0) is 10.2 Å². The van der Waals surface area contributed by atoms with Crippen LogP contribution >= 0.6 is 0 Å². The van der Waals surface area contributed by atoms with Gasteiger partial charge in [0.2, 0.25) is 0 Å². The normalized spacial score (nSPS) is 10.2. The summed E-state index contributed by atoms with van der Waals surface area (Å²) < 4.78 is 22.5. The molecule has 0 spiro atoms. The zero-order valence-electron chi connectivity index (χ0n) is 5.72. The van der Waals surface area contributed by atoms with Crippen LogP contribution in [0.3, 0.4) is 0 Å². The van der Waals surface area contributed by atoms with E-state index < -0.39 is 10.2 Å². The fourth-order valence-electron chi connectivity index (χ4n) is 0.381. The number of nitrogens with two attached hydrogens (primary N) is 1. The molecule has 0 aromatic carbocycles. The van der Waals surface area contributed by atoms with Crippen molar-refractivity contribution in [3.8, 4) is 11.8 Å². The SMILES string of the molecule is CC#CCCNS(N)(=O)=O. The van der Waals surface area contributed by atoms with Crippen molar-refractivity contribution >= 4 is 10.2 Å². The van der Waals surface area contributed by atoms with E-state index in [-0.39, 0.29) is 6.54 Å². The molecule has 58 valence electrons. The summed E-state index contributed by atoms with van der Waals surface area (Å²) in [5.74, 6) is 5.32. The smallest absolute Gasteiger partial charge is 0.216 e. The number of hydrogen-bond donors (Lipinski definition) is 2. The number of hydrogen-bond acceptors (Lipinski definition) is 2. The Labute approximate surface area is 61.0 Å². The standard InChI is InChI=1S/C5H10N2O2S/c1-2-3-4-5-7-10(6,8)9/h7H,4-5H2,1H3,(H2,6,8,9). The lowest BCUT2D eigenvalue weighted by molar-refractivity contribution is 0.584. The van der Waals surface area contributed by atoms with Crippen LogP contribution in [0.15, 0.2) is 0 Å². The van der Waals surface area contributed by atoms with E-state index in [1.165, 1.54) is 0 Å². The fraction of sp³-hybridized carbons (Fsp3) is 0.600. The lowest BCUT2D eigenvalue weighted by Gasteiger charge is -1.95. The van der Waals surface area contributed by atoms with Gasteiger partial charge in [-0.1, -0.05) is 0 Å². The molecule has 0 aliphatic heterocycles. The van der Waals surface area contributed by atoms with Crippen molar-refractivity contribution in [2.75, 3.05) is 6.54 Å². The molecule has 0 aliphatic rings. The molecule has 0 aromatic rings. The average Bonchev–Trinajstić information content (AvgIpc) is 1.78. The summed E-state index contributed by atoms with van der Waals surface area (Å²) >= 11 is 0. The Kier molecular flexibility index (Phi) is 4.03. The molecule has 4 nitrogen and oxygen atoms in total. The van der Waals surface area contributed by atoms with Crippen molar-refractivity contribution < 1.29 is 8.42 Å². The average molecular weight is 162 g/mol. The Morgan fingerprint density at radius 1 is 1.60 bits per heavy atom. The van der Waals surface area contributed by atoms with E-state index in [2.05, 4.69) is 21.7 Å². The van der Waals surface area contributed by atoms with E-state index in [0.717, 1.165) is 0 Å². The summed E-state index contributed by atoms with van der Waals surface area (Å²) in [7, 11) is -3.52. The third-order valence-electron chi connectivity index (χ3n) is 0.730. The maximum atomic E-state index is 10.2. The lowest BCUT2D eigenvalue weighted by atomic mass is 10.4. The molecular weight excluding hydrogens is 152 g/mol. The van der Waals surface area contributed by atoms with Crippen LogP contribution in [-0.4, -0.2) is 15.0 Å². The van der Waals surface area contributed by atoms with Gasteiger partial charge in [0, 0.05) is 13.0 Å². The summed E-state index contributed by atoms with van der Waals surface area (Å²) in [5, 5.41) is 4.63. The highest BCUT2D eigenvalue weighted by Gasteiger charge is 1.96. The first-order chi connectivity index (χ1) is 4.56. The van der Waals surface area contributed by atoms with Crippen molar-refractivity contribution in [2.45, 2.75) is 13.3 Å². The molecule has 0 saturated heterocycles. The van der Waals surface area contributed by atoms with E-state index in [4.69, 9.17) is 0 Å². The van der Waals surface area contributed by atoms with Crippen molar-refractivity contribution in [1.82, 2.24) is 4.72 Å². The monoisotopic (exact) mass is 162 g/mol. The third-order valence-corrected chi connectivity index (χ3v) is 1.34. The van der Waals surface area contributed by atoms with Gasteiger partial charge in [-0.15, -0.1) is 11.8 Å². The summed E-state index contributed by atoms with van der Waals surface area (Å²) in [6, 6.07) is 0. The van der Waals surface area contributed by atoms with Crippen LogP contribution in [0.5, 0.6) is 0 Å². The minimum atomic E-state index is -3.52. The Balaban J connectivity index is 3.45. The topological polar surface area (TPSA) is 72.2 Å². The van der Waals surface area contributed by atoms with Crippen LogP contribution in [0.25, 0.3) is 0 Å². The highest BCUT2D eigenvalue weighted by molar-refractivity contribution is 7.87. The molecule has 0 amide bonds. The molecule has 0 radical (unpaired) electrons. The van der Waals surface area contributed by atoms with Crippen molar-refractivity contribution in [3.05, 3.63) is 0 Å². The van der Waals surface area contributed by atoms with Crippen molar-refractivity contribution in [1.29, 1.82) is 0 Å². The maximum Gasteiger partial charge on any atom is 0.274 e. The predicted molar refractivity (Wildman–Crippen MR) is 39.2 cm³/mol. The maximum absolute atomic E-state index is 10.2. The van der Waals surface area contributed by atoms with Gasteiger partial charge in [-0.3, -0.25) is 0 Å². The van der Waals surface area contributed by atoms with E-state index in [1.807, 2.05) is 0 Å². The molecule has 0 aromatic heterocycles.